The Kier molecular flexibility index (Phi) is 10.8. The monoisotopic (exact) mass is 287 g/mol. The predicted octanol–water partition coefficient (Wildman–Crippen LogP) is 3.37. The molecule has 0 N–H and O–H groups in total. The molecule has 0 aliphatic rings. The van der Waals surface area contributed by atoms with Gasteiger partial charge in [-0.1, -0.05) is 39.5 Å². The van der Waals surface area contributed by atoms with E-state index in [4.69, 9.17) is 9.47 Å². The van der Waals surface area contributed by atoms with Gasteiger partial charge in [0, 0.05) is 7.05 Å². The van der Waals surface area contributed by atoms with Crippen LogP contribution in [0.25, 0.3) is 0 Å². The van der Waals surface area contributed by atoms with Crippen LogP contribution in [-0.4, -0.2) is 43.3 Å². The highest BCUT2D eigenvalue weighted by Gasteiger charge is 2.24. The fourth-order valence-electron chi connectivity index (χ4n) is 1.54. The number of esters is 1. The van der Waals surface area contributed by atoms with Crippen molar-refractivity contribution in [3.05, 3.63) is 0 Å². The lowest BCUT2D eigenvalue weighted by Gasteiger charge is -2.22. The van der Waals surface area contributed by atoms with Crippen molar-refractivity contribution in [1.82, 2.24) is 4.90 Å². The van der Waals surface area contributed by atoms with Crippen molar-refractivity contribution in [2.75, 3.05) is 20.3 Å². The Bertz CT molecular complexity index is 281. The van der Waals surface area contributed by atoms with E-state index >= 15 is 0 Å². The fraction of sp³-hybridized carbons (Fsp3) is 0.867. The van der Waals surface area contributed by atoms with Crippen molar-refractivity contribution in [2.45, 2.75) is 65.3 Å². The summed E-state index contributed by atoms with van der Waals surface area (Å²) in [6.45, 7) is 6.61. The van der Waals surface area contributed by atoms with E-state index < -0.39 is 12.1 Å². The minimum atomic E-state index is -0.615. The first-order valence-electron chi connectivity index (χ1n) is 7.60. The molecule has 0 aliphatic heterocycles. The molecule has 20 heavy (non-hydrogen) atoms. The maximum Gasteiger partial charge on any atom is 0.410 e. The van der Waals surface area contributed by atoms with E-state index in [0.29, 0.717) is 13.2 Å². The molecule has 0 spiro atoms. The minimum absolute atomic E-state index is 0.378. The number of ether oxygens (including phenoxy) is 2. The van der Waals surface area contributed by atoms with Gasteiger partial charge in [-0.3, -0.25) is 4.90 Å². The molecule has 0 fully saturated rings. The lowest BCUT2D eigenvalue weighted by atomic mass is 10.2. The van der Waals surface area contributed by atoms with Gasteiger partial charge in [0.25, 0.3) is 0 Å². The first-order chi connectivity index (χ1) is 9.54. The summed E-state index contributed by atoms with van der Waals surface area (Å²) in [5, 5.41) is 0. The number of hydrogen-bond donors (Lipinski definition) is 0. The summed E-state index contributed by atoms with van der Waals surface area (Å²) < 4.78 is 10.2. The van der Waals surface area contributed by atoms with Gasteiger partial charge in [0.1, 0.15) is 6.04 Å². The lowest BCUT2D eigenvalue weighted by Crippen LogP contribution is -2.41. The second-order valence-electron chi connectivity index (χ2n) is 4.98. The van der Waals surface area contributed by atoms with Gasteiger partial charge in [0.15, 0.2) is 0 Å². The molecule has 0 radical (unpaired) electrons. The van der Waals surface area contributed by atoms with Gasteiger partial charge in [0.05, 0.1) is 13.2 Å². The van der Waals surface area contributed by atoms with E-state index in [1.807, 2.05) is 6.92 Å². The summed E-state index contributed by atoms with van der Waals surface area (Å²) >= 11 is 0. The predicted molar refractivity (Wildman–Crippen MR) is 78.6 cm³/mol. The molecule has 0 aliphatic carbocycles. The van der Waals surface area contributed by atoms with Gasteiger partial charge in [-0.2, -0.15) is 0 Å². The van der Waals surface area contributed by atoms with Crippen LogP contribution in [-0.2, 0) is 14.3 Å². The van der Waals surface area contributed by atoms with E-state index in [1.165, 1.54) is 4.90 Å². The lowest BCUT2D eigenvalue weighted by molar-refractivity contribution is -0.148. The number of rotatable bonds is 10. The number of nitrogens with zero attached hydrogens (tertiary/aromatic N) is 1. The molecule has 0 heterocycles. The summed E-state index contributed by atoms with van der Waals surface area (Å²) in [6, 6.07) is -0.615. The summed E-state index contributed by atoms with van der Waals surface area (Å²) in [6.07, 6.45) is 5.55. The number of amides is 1. The smallest absolute Gasteiger partial charge is 0.410 e. The normalized spacial score (nSPS) is 11.8. The highest BCUT2D eigenvalue weighted by Crippen LogP contribution is 2.04. The van der Waals surface area contributed by atoms with Crippen molar-refractivity contribution in [3.63, 3.8) is 0 Å². The molecule has 0 bridgehead atoms. The van der Waals surface area contributed by atoms with Crippen LogP contribution in [0.3, 0.4) is 0 Å². The molecule has 5 heteroatoms. The van der Waals surface area contributed by atoms with Crippen LogP contribution < -0.4 is 0 Å². The standard InChI is InChI=1S/C15H29NO4/c1-5-7-9-10-12-19-14(17)13(3)16(4)15(18)20-11-8-6-2/h13H,5-12H2,1-4H3. The van der Waals surface area contributed by atoms with Crippen LogP contribution in [0, 0.1) is 0 Å². The average Bonchev–Trinajstić information content (AvgIpc) is 2.45. The Morgan fingerprint density at radius 1 is 0.950 bits per heavy atom. The van der Waals surface area contributed by atoms with Crippen LogP contribution >= 0.6 is 0 Å². The molecule has 0 saturated carbocycles. The summed E-state index contributed by atoms with van der Waals surface area (Å²) in [5.74, 6) is -0.378. The van der Waals surface area contributed by atoms with E-state index in [-0.39, 0.29) is 5.97 Å². The summed E-state index contributed by atoms with van der Waals surface area (Å²) in [4.78, 5) is 24.7. The Balaban J connectivity index is 3.93. The molecular formula is C15H29NO4. The van der Waals surface area contributed by atoms with E-state index in [2.05, 4.69) is 6.92 Å². The van der Waals surface area contributed by atoms with E-state index in [9.17, 15) is 9.59 Å². The first kappa shape index (κ1) is 18.7. The maximum atomic E-state index is 11.8. The molecule has 0 aromatic rings. The quantitative estimate of drug-likeness (QED) is 0.456. The number of carbonyl (C=O) groups excluding carboxylic acids is 2. The zero-order valence-corrected chi connectivity index (χ0v) is 13.3. The molecule has 5 nitrogen and oxygen atoms in total. The minimum Gasteiger partial charge on any atom is -0.464 e. The van der Waals surface area contributed by atoms with Crippen molar-refractivity contribution >= 4 is 12.1 Å². The van der Waals surface area contributed by atoms with Crippen LogP contribution in [0.2, 0.25) is 0 Å². The van der Waals surface area contributed by atoms with Crippen molar-refractivity contribution in [1.29, 1.82) is 0 Å². The number of hydrogen-bond acceptors (Lipinski definition) is 4. The molecule has 0 saturated heterocycles. The zero-order valence-electron chi connectivity index (χ0n) is 13.3. The van der Waals surface area contributed by atoms with Gasteiger partial charge in [-0.25, -0.2) is 9.59 Å². The molecule has 118 valence electrons. The van der Waals surface area contributed by atoms with Crippen LogP contribution in [0.5, 0.6) is 0 Å². The molecule has 0 aromatic heterocycles. The Hall–Kier alpha value is -1.26. The fourth-order valence-corrected chi connectivity index (χ4v) is 1.54. The van der Waals surface area contributed by atoms with Gasteiger partial charge >= 0.3 is 12.1 Å². The Morgan fingerprint density at radius 3 is 2.15 bits per heavy atom. The largest absolute Gasteiger partial charge is 0.464 e. The number of likely N-dealkylation sites (N-methyl/N-ethyl adjacent to an activating group) is 1. The molecule has 1 unspecified atom stereocenters. The van der Waals surface area contributed by atoms with Gasteiger partial charge in [-0.05, 0) is 19.8 Å². The van der Waals surface area contributed by atoms with Crippen molar-refractivity contribution in [3.8, 4) is 0 Å². The van der Waals surface area contributed by atoms with Crippen LogP contribution in [0.15, 0.2) is 0 Å². The molecule has 0 rings (SSSR count). The highest BCUT2D eigenvalue weighted by atomic mass is 16.6. The number of carbonyl (C=O) groups is 2. The maximum absolute atomic E-state index is 11.8. The zero-order chi connectivity index (χ0) is 15.4. The highest BCUT2D eigenvalue weighted by molar-refractivity contribution is 5.80. The third-order valence-corrected chi connectivity index (χ3v) is 3.18. The van der Waals surface area contributed by atoms with Gasteiger partial charge in [-0.15, -0.1) is 0 Å². The first-order valence-corrected chi connectivity index (χ1v) is 7.60. The molecular weight excluding hydrogens is 258 g/mol. The molecule has 1 atom stereocenters. The topological polar surface area (TPSA) is 55.8 Å². The summed E-state index contributed by atoms with van der Waals surface area (Å²) in [7, 11) is 1.55. The Morgan fingerprint density at radius 2 is 1.55 bits per heavy atom. The van der Waals surface area contributed by atoms with Crippen LogP contribution in [0.4, 0.5) is 4.79 Å². The molecule has 1 amide bonds. The third kappa shape index (κ3) is 8.02. The van der Waals surface area contributed by atoms with Crippen molar-refractivity contribution < 1.29 is 19.1 Å². The van der Waals surface area contributed by atoms with Gasteiger partial charge < -0.3 is 9.47 Å². The number of unbranched alkanes of at least 4 members (excludes halogenated alkanes) is 4. The Labute approximate surface area is 122 Å². The second kappa shape index (κ2) is 11.6. The van der Waals surface area contributed by atoms with E-state index in [1.54, 1.807) is 14.0 Å². The van der Waals surface area contributed by atoms with Crippen molar-refractivity contribution in [2.24, 2.45) is 0 Å². The second-order valence-corrected chi connectivity index (χ2v) is 4.98. The average molecular weight is 287 g/mol. The molecule has 0 aromatic carbocycles. The third-order valence-electron chi connectivity index (χ3n) is 3.18. The summed E-state index contributed by atoms with van der Waals surface area (Å²) in [5.41, 5.74) is 0. The van der Waals surface area contributed by atoms with Gasteiger partial charge in [0.2, 0.25) is 0 Å². The van der Waals surface area contributed by atoms with Crippen LogP contribution in [0.1, 0.15) is 59.3 Å². The SMILES string of the molecule is CCCCCCOC(=O)C(C)N(C)C(=O)OCCCC. The van der Waals surface area contributed by atoms with E-state index in [0.717, 1.165) is 38.5 Å².